The van der Waals surface area contributed by atoms with Gasteiger partial charge in [0.1, 0.15) is 11.1 Å². The van der Waals surface area contributed by atoms with Crippen LogP contribution in [0, 0.1) is 6.92 Å². The number of aromatic amines is 1. The Morgan fingerprint density at radius 3 is 2.31 bits per heavy atom. The molecule has 0 saturated carbocycles. The number of para-hydroxylation sites is 2. The summed E-state index contributed by atoms with van der Waals surface area (Å²) in [5.41, 5.74) is 2.65. The van der Waals surface area contributed by atoms with Crippen LogP contribution in [0.2, 0.25) is 0 Å². The summed E-state index contributed by atoms with van der Waals surface area (Å²) in [6.45, 7) is 13.1. The molecule has 32 heavy (non-hydrogen) atoms. The van der Waals surface area contributed by atoms with E-state index in [9.17, 15) is 9.59 Å². The van der Waals surface area contributed by atoms with Crippen LogP contribution in [0.25, 0.3) is 21.9 Å². The van der Waals surface area contributed by atoms with Gasteiger partial charge in [0.15, 0.2) is 0 Å². The quantitative estimate of drug-likeness (QED) is 0.445. The summed E-state index contributed by atoms with van der Waals surface area (Å²) in [6.07, 6.45) is 1.97. The Hall–Kier alpha value is -3.28. The van der Waals surface area contributed by atoms with E-state index in [0.29, 0.717) is 5.52 Å². The highest BCUT2D eigenvalue weighted by Gasteiger charge is 2.38. The fraction of sp³-hybridized carbons (Fsp3) is 0.385. The number of nitrogens with one attached hydrogen (secondary N) is 1. The molecular weight excluding hydrogens is 402 g/mol. The number of carbonyl (C=O) groups is 1. The first kappa shape index (κ1) is 21.9. The number of benzene rings is 2. The number of ether oxygens (including phenoxy) is 1. The van der Waals surface area contributed by atoms with Gasteiger partial charge in [-0.15, -0.1) is 0 Å². The first-order valence-electron chi connectivity index (χ1n) is 11.0. The second kappa shape index (κ2) is 7.40. The monoisotopic (exact) mass is 433 g/mol. The van der Waals surface area contributed by atoms with E-state index in [1.54, 1.807) is 23.0 Å². The first-order chi connectivity index (χ1) is 14.9. The van der Waals surface area contributed by atoms with Gasteiger partial charge < -0.3 is 9.72 Å². The molecule has 0 spiro atoms. The van der Waals surface area contributed by atoms with Crippen LogP contribution in [0.1, 0.15) is 58.7 Å². The summed E-state index contributed by atoms with van der Waals surface area (Å²) >= 11 is 0. The van der Waals surface area contributed by atoms with Crippen LogP contribution in [0.3, 0.4) is 0 Å². The average molecular weight is 434 g/mol. The average Bonchev–Trinajstić information content (AvgIpc) is 3.25. The molecule has 0 aliphatic rings. The molecule has 0 aliphatic heterocycles. The number of hydrogen-bond acceptors (Lipinski definition) is 3. The molecule has 1 atom stereocenters. The molecule has 2 aromatic heterocycles. The molecule has 0 radical (unpaired) electrons. The third-order valence-electron chi connectivity index (χ3n) is 6.02. The Bertz CT molecular complexity index is 1380. The van der Waals surface area contributed by atoms with Gasteiger partial charge in [0, 0.05) is 22.7 Å². The van der Waals surface area contributed by atoms with E-state index in [1.807, 2.05) is 70.3 Å². The lowest BCUT2D eigenvalue weighted by Gasteiger charge is -2.29. The lowest BCUT2D eigenvalue weighted by Crippen LogP contribution is -2.46. The van der Waals surface area contributed by atoms with Crippen molar-refractivity contribution in [2.45, 2.75) is 65.6 Å². The number of nitrogens with zero attached hydrogens (tertiary/aromatic N) is 2. The lowest BCUT2D eigenvalue weighted by atomic mass is 10.0. The summed E-state index contributed by atoms with van der Waals surface area (Å²) in [7, 11) is 0. The van der Waals surface area contributed by atoms with Gasteiger partial charge in [-0.1, -0.05) is 24.3 Å². The van der Waals surface area contributed by atoms with Crippen LogP contribution >= 0.6 is 0 Å². The summed E-state index contributed by atoms with van der Waals surface area (Å²) < 4.78 is 9.00. The molecule has 0 amide bonds. The standard InChI is InChI=1S/C26H31N3O3/c1-16-11-10-12-19-22(16)18(15-27-19)17(2)28-20-13-8-9-14-21(20)29(24(28)31)26(6,7)23(30)32-25(3,4)5/h8-15,17,27H,1-7H3. The maximum Gasteiger partial charge on any atom is 0.332 e. The Balaban J connectivity index is 1.94. The number of imidazole rings is 1. The van der Waals surface area contributed by atoms with Crippen molar-refractivity contribution in [3.8, 4) is 0 Å². The van der Waals surface area contributed by atoms with Gasteiger partial charge in [0.2, 0.25) is 0 Å². The van der Waals surface area contributed by atoms with Gasteiger partial charge in [0.25, 0.3) is 0 Å². The van der Waals surface area contributed by atoms with Gasteiger partial charge in [-0.2, -0.15) is 0 Å². The maximum atomic E-state index is 13.9. The van der Waals surface area contributed by atoms with Gasteiger partial charge in [0.05, 0.1) is 17.1 Å². The minimum Gasteiger partial charge on any atom is -0.458 e. The Kier molecular flexibility index (Phi) is 5.07. The van der Waals surface area contributed by atoms with Crippen LogP contribution in [0.4, 0.5) is 0 Å². The van der Waals surface area contributed by atoms with E-state index >= 15 is 0 Å². The lowest BCUT2D eigenvalue weighted by molar-refractivity contribution is -0.164. The largest absolute Gasteiger partial charge is 0.458 e. The van der Waals surface area contributed by atoms with Gasteiger partial charge in [-0.3, -0.25) is 9.13 Å². The van der Waals surface area contributed by atoms with Crippen molar-refractivity contribution < 1.29 is 9.53 Å². The zero-order valence-corrected chi connectivity index (χ0v) is 19.8. The van der Waals surface area contributed by atoms with Crippen molar-refractivity contribution in [2.75, 3.05) is 0 Å². The van der Waals surface area contributed by atoms with E-state index in [-0.39, 0.29) is 11.7 Å². The molecule has 168 valence electrons. The summed E-state index contributed by atoms with van der Waals surface area (Å²) in [5, 5.41) is 1.12. The van der Waals surface area contributed by atoms with Crippen LogP contribution in [-0.2, 0) is 15.1 Å². The van der Waals surface area contributed by atoms with E-state index in [1.165, 1.54) is 0 Å². The number of rotatable bonds is 4. The van der Waals surface area contributed by atoms with Crippen molar-refractivity contribution in [1.82, 2.24) is 14.1 Å². The molecule has 4 aromatic rings. The van der Waals surface area contributed by atoms with E-state index in [0.717, 1.165) is 27.5 Å². The van der Waals surface area contributed by atoms with Crippen molar-refractivity contribution in [2.24, 2.45) is 0 Å². The highest BCUT2D eigenvalue weighted by molar-refractivity contribution is 5.88. The Morgan fingerprint density at radius 2 is 1.66 bits per heavy atom. The summed E-state index contributed by atoms with van der Waals surface area (Å²) in [6, 6.07) is 13.5. The summed E-state index contributed by atoms with van der Waals surface area (Å²) in [4.78, 5) is 30.3. The number of aromatic nitrogens is 3. The smallest absolute Gasteiger partial charge is 0.332 e. The fourth-order valence-corrected chi connectivity index (χ4v) is 4.45. The molecule has 2 heterocycles. The minimum atomic E-state index is -1.18. The molecule has 1 unspecified atom stereocenters. The molecule has 0 bridgehead atoms. The predicted molar refractivity (Wildman–Crippen MR) is 128 cm³/mol. The zero-order valence-electron chi connectivity index (χ0n) is 19.8. The van der Waals surface area contributed by atoms with Crippen LogP contribution in [-0.4, -0.2) is 25.7 Å². The Labute approximate surface area is 187 Å². The first-order valence-corrected chi connectivity index (χ1v) is 11.0. The molecule has 0 fully saturated rings. The number of hydrogen-bond donors (Lipinski definition) is 1. The maximum absolute atomic E-state index is 13.9. The second-order valence-corrected chi connectivity index (χ2v) is 9.96. The zero-order chi connectivity index (χ0) is 23.4. The van der Waals surface area contributed by atoms with Crippen LogP contribution in [0.15, 0.2) is 53.5 Å². The molecule has 0 saturated heterocycles. The molecule has 6 nitrogen and oxygen atoms in total. The van der Waals surface area contributed by atoms with Crippen LogP contribution in [0.5, 0.6) is 0 Å². The number of aryl methyl sites for hydroxylation is 1. The predicted octanol–water partition coefficient (Wildman–Crippen LogP) is 5.28. The number of H-pyrrole nitrogens is 1. The van der Waals surface area contributed by atoms with E-state index in [2.05, 4.69) is 18.0 Å². The number of carbonyl (C=O) groups excluding carboxylic acids is 1. The molecule has 2 aromatic carbocycles. The molecule has 4 rings (SSSR count). The minimum absolute atomic E-state index is 0.238. The number of esters is 1. The summed E-state index contributed by atoms with van der Waals surface area (Å²) in [5.74, 6) is -0.439. The van der Waals surface area contributed by atoms with E-state index < -0.39 is 17.1 Å². The molecule has 6 heteroatoms. The van der Waals surface area contributed by atoms with Crippen molar-refractivity contribution >= 4 is 27.9 Å². The third kappa shape index (κ3) is 3.44. The van der Waals surface area contributed by atoms with Gasteiger partial charge >= 0.3 is 11.7 Å². The molecular formula is C26H31N3O3. The highest BCUT2D eigenvalue weighted by Crippen LogP contribution is 2.32. The van der Waals surface area contributed by atoms with Crippen molar-refractivity contribution in [1.29, 1.82) is 0 Å². The normalized spacial score (nSPS) is 13.6. The highest BCUT2D eigenvalue weighted by atomic mass is 16.6. The SMILES string of the molecule is Cc1cccc2[nH]cc(C(C)n3c(=O)n(C(C)(C)C(=O)OC(C)(C)C)c4ccccc43)c12. The Morgan fingerprint density at radius 1 is 1.00 bits per heavy atom. The van der Waals surface area contributed by atoms with Crippen molar-refractivity contribution in [3.63, 3.8) is 0 Å². The van der Waals surface area contributed by atoms with Crippen molar-refractivity contribution in [3.05, 3.63) is 70.3 Å². The topological polar surface area (TPSA) is 69.0 Å². The van der Waals surface area contributed by atoms with Gasteiger partial charge in [-0.05, 0) is 72.2 Å². The van der Waals surface area contributed by atoms with Crippen LogP contribution < -0.4 is 5.69 Å². The molecule has 0 aliphatic carbocycles. The molecule has 1 N–H and O–H groups in total. The second-order valence-electron chi connectivity index (χ2n) is 9.96. The van der Waals surface area contributed by atoms with Gasteiger partial charge in [-0.25, -0.2) is 9.59 Å². The van der Waals surface area contributed by atoms with E-state index in [4.69, 9.17) is 4.74 Å². The number of fused-ring (bicyclic) bond motifs is 2. The third-order valence-corrected chi connectivity index (χ3v) is 6.02. The fourth-order valence-electron chi connectivity index (χ4n) is 4.45.